The summed E-state index contributed by atoms with van der Waals surface area (Å²) in [5, 5.41) is 15.4. The smallest absolute Gasteiger partial charge is 0.244 e. The first-order valence-corrected chi connectivity index (χ1v) is 9.03. The van der Waals surface area contributed by atoms with Crippen molar-refractivity contribution in [1.29, 1.82) is 0 Å². The van der Waals surface area contributed by atoms with Gasteiger partial charge < -0.3 is 10.6 Å². The molecule has 5 nitrogen and oxygen atoms in total. The predicted molar refractivity (Wildman–Crippen MR) is 107 cm³/mol. The van der Waals surface area contributed by atoms with Crippen molar-refractivity contribution in [3.05, 3.63) is 70.9 Å². The van der Waals surface area contributed by atoms with Crippen LogP contribution in [0.15, 0.2) is 54.7 Å². The van der Waals surface area contributed by atoms with Crippen LogP contribution in [0.4, 0.5) is 17.5 Å². The van der Waals surface area contributed by atoms with Gasteiger partial charge in [-0.3, -0.25) is 0 Å². The molecule has 0 saturated carbocycles. The summed E-state index contributed by atoms with van der Waals surface area (Å²) in [6.07, 6.45) is 2.48. The maximum atomic E-state index is 5.91. The number of aromatic nitrogens is 3. The highest BCUT2D eigenvalue weighted by Gasteiger charge is 2.07. The summed E-state index contributed by atoms with van der Waals surface area (Å²) in [6.45, 7) is 5.06. The number of anilines is 3. The molecular weight excluding hydrogens is 346 g/mol. The second-order valence-electron chi connectivity index (χ2n) is 6.34. The van der Waals surface area contributed by atoms with Gasteiger partial charge in [-0.15, -0.1) is 5.10 Å². The van der Waals surface area contributed by atoms with Crippen molar-refractivity contribution in [1.82, 2.24) is 15.2 Å². The first-order valence-electron chi connectivity index (χ1n) is 8.66. The van der Waals surface area contributed by atoms with Gasteiger partial charge in [0.15, 0.2) is 5.82 Å². The molecule has 1 heterocycles. The molecule has 0 bridgehead atoms. The second kappa shape index (κ2) is 8.63. The molecule has 0 saturated heterocycles. The van der Waals surface area contributed by atoms with Crippen LogP contribution in [0.3, 0.4) is 0 Å². The predicted octanol–water partition coefficient (Wildman–Crippen LogP) is 5.05. The average Bonchev–Trinajstić information content (AvgIpc) is 2.64. The van der Waals surface area contributed by atoms with E-state index in [4.69, 9.17) is 11.6 Å². The summed E-state index contributed by atoms with van der Waals surface area (Å²) in [5.74, 6) is 1.60. The third-order valence-corrected chi connectivity index (χ3v) is 4.27. The van der Waals surface area contributed by atoms with Crippen molar-refractivity contribution in [2.75, 3.05) is 17.2 Å². The van der Waals surface area contributed by atoms with E-state index < -0.39 is 0 Å². The van der Waals surface area contributed by atoms with Gasteiger partial charge in [0.05, 0.1) is 6.20 Å². The minimum atomic E-state index is 0.422. The van der Waals surface area contributed by atoms with Crippen molar-refractivity contribution >= 4 is 29.1 Å². The highest BCUT2D eigenvalue weighted by Crippen LogP contribution is 2.26. The molecule has 26 heavy (non-hydrogen) atoms. The van der Waals surface area contributed by atoms with Crippen molar-refractivity contribution in [2.45, 2.75) is 26.2 Å². The molecule has 0 radical (unpaired) electrons. The third kappa shape index (κ3) is 4.92. The molecule has 3 rings (SSSR count). The largest absolute Gasteiger partial charge is 0.353 e. The van der Waals surface area contributed by atoms with Gasteiger partial charge in [-0.05, 0) is 41.7 Å². The summed E-state index contributed by atoms with van der Waals surface area (Å²) in [7, 11) is 0. The zero-order chi connectivity index (χ0) is 18.4. The monoisotopic (exact) mass is 367 g/mol. The lowest BCUT2D eigenvalue weighted by molar-refractivity contribution is 0.868. The SMILES string of the molecule is CC(C)c1ccccc1Nc1cnnc(NCCc2ccc(Cl)cc2)n1. The second-order valence-corrected chi connectivity index (χ2v) is 6.77. The first-order chi connectivity index (χ1) is 12.6. The fourth-order valence-electron chi connectivity index (χ4n) is 2.66. The molecule has 0 aliphatic carbocycles. The number of nitrogens with zero attached hydrogens (tertiary/aromatic N) is 3. The number of hydrogen-bond donors (Lipinski definition) is 2. The van der Waals surface area contributed by atoms with Crippen LogP contribution in [0.5, 0.6) is 0 Å². The summed E-state index contributed by atoms with van der Waals surface area (Å²) >= 11 is 5.91. The van der Waals surface area contributed by atoms with Crippen molar-refractivity contribution in [3.8, 4) is 0 Å². The van der Waals surface area contributed by atoms with E-state index in [1.165, 1.54) is 11.1 Å². The maximum Gasteiger partial charge on any atom is 0.244 e. The quantitative estimate of drug-likeness (QED) is 0.612. The Morgan fingerprint density at radius 3 is 2.58 bits per heavy atom. The van der Waals surface area contributed by atoms with Gasteiger partial charge in [-0.1, -0.05) is 55.8 Å². The van der Waals surface area contributed by atoms with Crippen LogP contribution < -0.4 is 10.6 Å². The molecule has 2 aromatic carbocycles. The third-order valence-electron chi connectivity index (χ3n) is 4.01. The Bertz CT molecular complexity index is 849. The van der Waals surface area contributed by atoms with Gasteiger partial charge in [0.1, 0.15) is 0 Å². The summed E-state index contributed by atoms with van der Waals surface area (Å²) in [6, 6.07) is 16.0. The first kappa shape index (κ1) is 18.1. The summed E-state index contributed by atoms with van der Waals surface area (Å²) in [4.78, 5) is 4.50. The van der Waals surface area contributed by atoms with E-state index in [0.717, 1.165) is 23.7 Å². The Balaban J connectivity index is 1.62. The molecule has 6 heteroatoms. The van der Waals surface area contributed by atoms with Crippen LogP contribution in [-0.2, 0) is 6.42 Å². The van der Waals surface area contributed by atoms with E-state index >= 15 is 0 Å². The molecule has 1 aromatic heterocycles. The molecular formula is C20H22ClN5. The highest BCUT2D eigenvalue weighted by atomic mass is 35.5. The molecule has 0 amide bonds. The van der Waals surface area contributed by atoms with Crippen LogP contribution in [-0.4, -0.2) is 21.7 Å². The minimum Gasteiger partial charge on any atom is -0.353 e. The molecule has 134 valence electrons. The Morgan fingerprint density at radius 1 is 1.04 bits per heavy atom. The lowest BCUT2D eigenvalue weighted by Crippen LogP contribution is -2.10. The average molecular weight is 368 g/mol. The number of halogens is 1. The van der Waals surface area contributed by atoms with Crippen LogP contribution in [0.2, 0.25) is 5.02 Å². The zero-order valence-electron chi connectivity index (χ0n) is 14.9. The van der Waals surface area contributed by atoms with Crippen molar-refractivity contribution < 1.29 is 0 Å². The van der Waals surface area contributed by atoms with Crippen LogP contribution in [0, 0.1) is 0 Å². The fraction of sp³-hybridized carbons (Fsp3) is 0.250. The lowest BCUT2D eigenvalue weighted by atomic mass is 10.0. The van der Waals surface area contributed by atoms with Crippen LogP contribution in [0.25, 0.3) is 0 Å². The zero-order valence-corrected chi connectivity index (χ0v) is 15.7. The van der Waals surface area contributed by atoms with Gasteiger partial charge in [-0.2, -0.15) is 10.1 Å². The molecule has 0 unspecified atom stereocenters. The van der Waals surface area contributed by atoms with Crippen LogP contribution >= 0.6 is 11.6 Å². The Kier molecular flexibility index (Phi) is 6.02. The molecule has 2 N–H and O–H groups in total. The van der Waals surface area contributed by atoms with Gasteiger partial charge in [-0.25, -0.2) is 0 Å². The Hall–Kier alpha value is -2.66. The van der Waals surface area contributed by atoms with Gasteiger partial charge in [0, 0.05) is 17.3 Å². The number of benzene rings is 2. The molecule has 0 aliphatic rings. The molecule has 0 spiro atoms. The number of hydrogen-bond acceptors (Lipinski definition) is 5. The van der Waals surface area contributed by atoms with E-state index in [2.05, 4.69) is 45.7 Å². The minimum absolute atomic E-state index is 0.422. The van der Waals surface area contributed by atoms with E-state index in [1.807, 2.05) is 42.5 Å². The number of rotatable bonds is 7. The molecule has 0 aliphatic heterocycles. The molecule has 0 atom stereocenters. The standard InChI is InChI=1S/C20H22ClN5/c1-14(2)17-5-3-4-6-18(17)24-19-13-23-26-20(25-19)22-12-11-15-7-9-16(21)10-8-15/h3-10,13-14H,11-12H2,1-2H3,(H2,22,24,25,26). The van der Waals surface area contributed by atoms with Gasteiger partial charge >= 0.3 is 0 Å². The number of nitrogens with one attached hydrogen (secondary N) is 2. The lowest BCUT2D eigenvalue weighted by Gasteiger charge is -2.14. The van der Waals surface area contributed by atoms with Gasteiger partial charge in [0.2, 0.25) is 5.95 Å². The fourth-order valence-corrected chi connectivity index (χ4v) is 2.79. The Morgan fingerprint density at radius 2 is 1.81 bits per heavy atom. The summed E-state index contributed by atoms with van der Waals surface area (Å²) in [5.41, 5.74) is 3.48. The van der Waals surface area contributed by atoms with Gasteiger partial charge in [0.25, 0.3) is 0 Å². The van der Waals surface area contributed by atoms with E-state index in [-0.39, 0.29) is 0 Å². The normalized spacial score (nSPS) is 10.8. The van der Waals surface area contributed by atoms with E-state index in [1.54, 1.807) is 6.20 Å². The summed E-state index contributed by atoms with van der Waals surface area (Å²) < 4.78 is 0. The molecule has 3 aromatic rings. The van der Waals surface area contributed by atoms with E-state index in [9.17, 15) is 0 Å². The van der Waals surface area contributed by atoms with E-state index in [0.29, 0.717) is 17.7 Å². The topological polar surface area (TPSA) is 62.7 Å². The number of para-hydroxylation sites is 1. The van der Waals surface area contributed by atoms with Crippen LogP contribution in [0.1, 0.15) is 30.9 Å². The van der Waals surface area contributed by atoms with Crippen molar-refractivity contribution in [3.63, 3.8) is 0 Å². The maximum absolute atomic E-state index is 5.91. The van der Waals surface area contributed by atoms with Crippen molar-refractivity contribution in [2.24, 2.45) is 0 Å². The highest BCUT2D eigenvalue weighted by molar-refractivity contribution is 6.30. The Labute approximate surface area is 158 Å². The molecule has 0 fully saturated rings.